The van der Waals surface area contributed by atoms with Crippen LogP contribution in [0.1, 0.15) is 58.8 Å². The second-order valence-corrected chi connectivity index (χ2v) is 10.8. The summed E-state index contributed by atoms with van der Waals surface area (Å²) in [6.07, 6.45) is -3.20. The highest BCUT2D eigenvalue weighted by Crippen LogP contribution is 2.67. The van der Waals surface area contributed by atoms with Crippen LogP contribution in [0.3, 0.4) is 0 Å². The Morgan fingerprint density at radius 3 is 2.25 bits per heavy atom. The predicted octanol–water partition coefficient (Wildman–Crippen LogP) is 3.44. The van der Waals surface area contributed by atoms with Gasteiger partial charge in [-0.2, -0.15) is 13.2 Å². The second-order valence-electron chi connectivity index (χ2n) is 10.8. The smallest absolute Gasteiger partial charge is 0.405 e. The van der Waals surface area contributed by atoms with Gasteiger partial charge in [-0.25, -0.2) is 0 Å². The van der Waals surface area contributed by atoms with Crippen molar-refractivity contribution >= 4 is 5.97 Å². The van der Waals surface area contributed by atoms with Gasteiger partial charge in [-0.15, -0.1) is 0 Å². The summed E-state index contributed by atoms with van der Waals surface area (Å²) in [7, 11) is 0. The summed E-state index contributed by atoms with van der Waals surface area (Å²) < 4.78 is 48.5. The zero-order chi connectivity index (χ0) is 20.3. The minimum absolute atomic E-state index is 0.0868. The van der Waals surface area contributed by atoms with Gasteiger partial charge in [0.05, 0.1) is 5.60 Å². The maximum atomic E-state index is 14.3. The molecule has 158 valence electrons. The molecular formula is C21H29F3O4. The van der Waals surface area contributed by atoms with Gasteiger partial charge in [0.25, 0.3) is 0 Å². The molecule has 6 saturated carbocycles. The van der Waals surface area contributed by atoms with Crippen molar-refractivity contribution in [2.75, 3.05) is 0 Å². The van der Waals surface area contributed by atoms with Crippen LogP contribution in [0.2, 0.25) is 0 Å². The summed E-state index contributed by atoms with van der Waals surface area (Å²) in [4.78, 5) is 13.2. The van der Waals surface area contributed by atoms with Gasteiger partial charge >= 0.3 is 12.1 Å². The number of rotatable bonds is 2. The summed E-state index contributed by atoms with van der Waals surface area (Å²) in [5.41, 5.74) is -4.83. The summed E-state index contributed by atoms with van der Waals surface area (Å²) in [6, 6.07) is 0. The lowest BCUT2D eigenvalue weighted by atomic mass is 9.51. The van der Waals surface area contributed by atoms with Crippen LogP contribution in [0, 0.1) is 40.9 Å². The van der Waals surface area contributed by atoms with E-state index in [4.69, 9.17) is 4.74 Å². The molecule has 0 aromatic heterocycles. The highest BCUT2D eigenvalue weighted by Gasteiger charge is 2.74. The molecule has 0 aromatic rings. The molecule has 10 atom stereocenters. The van der Waals surface area contributed by atoms with Crippen LogP contribution < -0.4 is 0 Å². The van der Waals surface area contributed by atoms with Crippen molar-refractivity contribution in [1.82, 2.24) is 0 Å². The zero-order valence-corrected chi connectivity index (χ0v) is 16.3. The summed E-state index contributed by atoms with van der Waals surface area (Å²) >= 11 is 0. The Bertz CT molecular complexity index is 708. The zero-order valence-electron chi connectivity index (χ0n) is 16.3. The number of alkyl halides is 3. The Labute approximate surface area is 162 Å². The molecule has 0 aliphatic heterocycles. The van der Waals surface area contributed by atoms with E-state index in [1.165, 1.54) is 0 Å². The van der Waals surface area contributed by atoms with Crippen LogP contribution >= 0.6 is 0 Å². The Kier molecular flexibility index (Phi) is 3.73. The molecule has 0 heterocycles. The highest BCUT2D eigenvalue weighted by atomic mass is 19.4. The fourth-order valence-corrected chi connectivity index (χ4v) is 8.17. The fourth-order valence-electron chi connectivity index (χ4n) is 8.17. The maximum absolute atomic E-state index is 14.3. The molecule has 10 unspecified atom stereocenters. The maximum Gasteiger partial charge on any atom is 0.405 e. The SMILES string of the molecule is CC1C2CC(C1C)C(C(=O)OC1C3CC4CC(O)(C3)CC1(O)C4)(C(F)(F)F)C2. The van der Waals surface area contributed by atoms with Crippen molar-refractivity contribution in [1.29, 1.82) is 0 Å². The highest BCUT2D eigenvalue weighted by molar-refractivity contribution is 5.79. The molecule has 0 amide bonds. The molecule has 4 nitrogen and oxygen atoms in total. The lowest BCUT2D eigenvalue weighted by Gasteiger charge is -2.61. The molecule has 6 bridgehead atoms. The van der Waals surface area contributed by atoms with Crippen LogP contribution in [0.5, 0.6) is 0 Å². The van der Waals surface area contributed by atoms with Gasteiger partial charge in [0.2, 0.25) is 0 Å². The number of aliphatic hydroxyl groups is 2. The molecule has 6 aliphatic carbocycles. The average molecular weight is 402 g/mol. The first kappa shape index (κ1) is 19.2. The quantitative estimate of drug-likeness (QED) is 0.695. The Morgan fingerprint density at radius 1 is 1.00 bits per heavy atom. The first-order chi connectivity index (χ1) is 12.9. The fraction of sp³-hybridized carbons (Fsp3) is 0.952. The molecule has 0 radical (unpaired) electrons. The molecule has 28 heavy (non-hydrogen) atoms. The van der Waals surface area contributed by atoms with E-state index in [0.29, 0.717) is 32.1 Å². The van der Waals surface area contributed by atoms with Gasteiger partial charge in [-0.05, 0) is 68.1 Å². The molecular weight excluding hydrogens is 373 g/mol. The molecule has 6 rings (SSSR count). The number of hydrogen-bond acceptors (Lipinski definition) is 4. The van der Waals surface area contributed by atoms with Gasteiger partial charge < -0.3 is 14.9 Å². The largest absolute Gasteiger partial charge is 0.458 e. The lowest BCUT2D eigenvalue weighted by molar-refractivity contribution is -0.284. The van der Waals surface area contributed by atoms with Gasteiger partial charge in [0.15, 0.2) is 5.41 Å². The third kappa shape index (κ3) is 2.29. The van der Waals surface area contributed by atoms with Crippen LogP contribution in [0.4, 0.5) is 13.2 Å². The van der Waals surface area contributed by atoms with Crippen molar-refractivity contribution < 1.29 is 32.9 Å². The Balaban J connectivity index is 1.45. The van der Waals surface area contributed by atoms with E-state index >= 15 is 0 Å². The van der Waals surface area contributed by atoms with Crippen molar-refractivity contribution in [3.05, 3.63) is 0 Å². The Hall–Kier alpha value is -0.820. The number of ether oxygens (including phenoxy) is 1. The van der Waals surface area contributed by atoms with E-state index in [1.807, 2.05) is 13.8 Å². The standard InChI is InChI=1S/C21H29F3O4/c1-10-11(2)15-4-13(10)8-20(15,21(22,23)24)17(25)28-16-14-3-12-5-18(26,7-14)9-19(16,27)6-12/h10-16,26-27H,3-9H2,1-2H3. The summed E-state index contributed by atoms with van der Waals surface area (Å²) in [5, 5.41) is 21.8. The van der Waals surface area contributed by atoms with Gasteiger partial charge in [0.1, 0.15) is 11.7 Å². The summed E-state index contributed by atoms with van der Waals surface area (Å²) in [6.45, 7) is 3.79. The topological polar surface area (TPSA) is 66.8 Å². The number of esters is 1. The normalized spacial score (nSPS) is 57.0. The minimum atomic E-state index is -4.66. The van der Waals surface area contributed by atoms with E-state index in [0.717, 1.165) is 0 Å². The van der Waals surface area contributed by atoms with Crippen LogP contribution in [0.25, 0.3) is 0 Å². The summed E-state index contributed by atoms with van der Waals surface area (Å²) in [5.74, 6) is -2.18. The first-order valence-corrected chi connectivity index (χ1v) is 10.6. The second kappa shape index (κ2) is 5.45. The average Bonchev–Trinajstić information content (AvgIpc) is 3.06. The number of hydrogen-bond donors (Lipinski definition) is 2. The molecule has 2 N–H and O–H groups in total. The van der Waals surface area contributed by atoms with Gasteiger partial charge in [-0.1, -0.05) is 13.8 Å². The molecule has 7 heteroatoms. The minimum Gasteiger partial charge on any atom is -0.458 e. The number of carbonyl (C=O) groups is 1. The third-order valence-corrected chi connectivity index (χ3v) is 9.27. The number of halogens is 3. The van der Waals surface area contributed by atoms with Crippen LogP contribution in [-0.2, 0) is 9.53 Å². The molecule has 0 aromatic carbocycles. The van der Waals surface area contributed by atoms with E-state index in [1.54, 1.807) is 0 Å². The molecule has 6 fully saturated rings. The Morgan fingerprint density at radius 2 is 1.71 bits per heavy atom. The van der Waals surface area contributed by atoms with Crippen molar-refractivity contribution in [3.8, 4) is 0 Å². The van der Waals surface area contributed by atoms with E-state index in [-0.39, 0.29) is 42.4 Å². The molecule has 0 spiro atoms. The molecule has 6 aliphatic rings. The lowest BCUT2D eigenvalue weighted by Crippen LogP contribution is -2.68. The predicted molar refractivity (Wildman–Crippen MR) is 92.9 cm³/mol. The van der Waals surface area contributed by atoms with Crippen molar-refractivity contribution in [2.24, 2.45) is 40.9 Å². The van der Waals surface area contributed by atoms with Crippen molar-refractivity contribution in [3.63, 3.8) is 0 Å². The molecule has 0 saturated heterocycles. The van der Waals surface area contributed by atoms with Crippen LogP contribution in [0.15, 0.2) is 0 Å². The first-order valence-electron chi connectivity index (χ1n) is 10.6. The van der Waals surface area contributed by atoms with Crippen molar-refractivity contribution in [2.45, 2.75) is 82.3 Å². The number of fused-ring (bicyclic) bond motifs is 2. The van der Waals surface area contributed by atoms with Crippen LogP contribution in [-0.4, -0.2) is 39.7 Å². The van der Waals surface area contributed by atoms with E-state index < -0.39 is 40.8 Å². The van der Waals surface area contributed by atoms with E-state index in [2.05, 4.69) is 0 Å². The third-order valence-electron chi connectivity index (χ3n) is 9.27. The van der Waals surface area contributed by atoms with E-state index in [9.17, 15) is 28.2 Å². The van der Waals surface area contributed by atoms with Gasteiger partial charge in [0, 0.05) is 12.3 Å². The van der Waals surface area contributed by atoms with Gasteiger partial charge in [-0.3, -0.25) is 4.79 Å². The number of carbonyl (C=O) groups excluding carboxylic acids is 1. The monoisotopic (exact) mass is 402 g/mol.